The molecule has 1 atom stereocenters. The fourth-order valence-corrected chi connectivity index (χ4v) is 2.86. The Morgan fingerprint density at radius 3 is 2.38 bits per heavy atom. The molecule has 0 amide bonds. The quantitative estimate of drug-likeness (QED) is 0.810. The Morgan fingerprint density at radius 1 is 1.31 bits per heavy atom. The van der Waals surface area contributed by atoms with Gasteiger partial charge < -0.3 is 10.8 Å². The minimum atomic E-state index is -3.10. The van der Waals surface area contributed by atoms with E-state index in [2.05, 4.69) is 0 Å². The molecular formula is C11H17NO3S. The summed E-state index contributed by atoms with van der Waals surface area (Å²) < 4.78 is 23.3. The van der Waals surface area contributed by atoms with E-state index in [1.807, 2.05) is 0 Å². The second-order valence-corrected chi connectivity index (χ2v) is 6.21. The molecule has 0 saturated heterocycles. The molecule has 16 heavy (non-hydrogen) atoms. The standard InChI is InChI=1S/C11H17NO3S/c1-9(12)6-7-16(14,15)8-10-2-4-11(13)5-3-10/h2-5,9,13H,6-8,12H2,1H3. The van der Waals surface area contributed by atoms with Crippen LogP contribution in [0.25, 0.3) is 0 Å². The zero-order valence-corrected chi connectivity index (χ0v) is 10.1. The first-order valence-corrected chi connectivity index (χ1v) is 6.95. The van der Waals surface area contributed by atoms with E-state index >= 15 is 0 Å². The van der Waals surface area contributed by atoms with Crippen LogP contribution in [0.4, 0.5) is 0 Å². The normalized spacial score (nSPS) is 13.6. The summed E-state index contributed by atoms with van der Waals surface area (Å²) in [5, 5.41) is 9.07. The van der Waals surface area contributed by atoms with E-state index in [1.165, 1.54) is 12.1 Å². The Balaban J connectivity index is 2.62. The van der Waals surface area contributed by atoms with E-state index in [9.17, 15) is 8.42 Å². The summed E-state index contributed by atoms with van der Waals surface area (Å²) in [4.78, 5) is 0. The Bertz CT molecular complexity index is 423. The van der Waals surface area contributed by atoms with Crippen LogP contribution in [0.2, 0.25) is 0 Å². The van der Waals surface area contributed by atoms with Gasteiger partial charge in [-0.05, 0) is 31.0 Å². The summed E-state index contributed by atoms with van der Waals surface area (Å²) >= 11 is 0. The maximum atomic E-state index is 11.7. The Hall–Kier alpha value is -1.07. The molecule has 0 saturated carbocycles. The van der Waals surface area contributed by atoms with Crippen molar-refractivity contribution in [3.8, 4) is 5.75 Å². The number of sulfone groups is 1. The summed E-state index contributed by atoms with van der Waals surface area (Å²) in [6.45, 7) is 1.79. The molecule has 0 bridgehead atoms. The predicted molar refractivity (Wildman–Crippen MR) is 63.9 cm³/mol. The highest BCUT2D eigenvalue weighted by atomic mass is 32.2. The fourth-order valence-electron chi connectivity index (χ4n) is 1.28. The molecule has 1 aromatic rings. The number of nitrogens with two attached hydrogens (primary N) is 1. The van der Waals surface area contributed by atoms with Crippen LogP contribution in [0.1, 0.15) is 18.9 Å². The number of phenols is 1. The molecule has 0 fully saturated rings. The predicted octanol–water partition coefficient (Wildman–Crippen LogP) is 1.04. The van der Waals surface area contributed by atoms with Crippen molar-refractivity contribution in [1.82, 2.24) is 0 Å². The van der Waals surface area contributed by atoms with E-state index in [1.54, 1.807) is 19.1 Å². The van der Waals surface area contributed by atoms with Gasteiger partial charge in [-0.15, -0.1) is 0 Å². The summed E-state index contributed by atoms with van der Waals surface area (Å²) in [6.07, 6.45) is 0.473. The second-order valence-electron chi connectivity index (χ2n) is 4.02. The van der Waals surface area contributed by atoms with Crippen molar-refractivity contribution in [3.63, 3.8) is 0 Å². The molecule has 1 unspecified atom stereocenters. The second kappa shape index (κ2) is 5.32. The van der Waals surface area contributed by atoms with Crippen molar-refractivity contribution in [3.05, 3.63) is 29.8 Å². The van der Waals surface area contributed by atoms with Crippen molar-refractivity contribution in [2.24, 2.45) is 5.73 Å². The molecule has 0 aromatic heterocycles. The molecule has 1 rings (SSSR count). The van der Waals surface area contributed by atoms with E-state index in [0.29, 0.717) is 12.0 Å². The van der Waals surface area contributed by atoms with E-state index < -0.39 is 9.84 Å². The van der Waals surface area contributed by atoms with Crippen molar-refractivity contribution >= 4 is 9.84 Å². The van der Waals surface area contributed by atoms with Gasteiger partial charge in [-0.1, -0.05) is 12.1 Å². The van der Waals surface area contributed by atoms with Gasteiger partial charge in [-0.2, -0.15) is 0 Å². The van der Waals surface area contributed by atoms with Crippen molar-refractivity contribution in [2.75, 3.05) is 5.75 Å². The van der Waals surface area contributed by atoms with Crippen LogP contribution in [-0.2, 0) is 15.6 Å². The van der Waals surface area contributed by atoms with Crippen LogP contribution >= 0.6 is 0 Å². The third kappa shape index (κ3) is 4.63. The highest BCUT2D eigenvalue weighted by molar-refractivity contribution is 7.90. The SMILES string of the molecule is CC(N)CCS(=O)(=O)Cc1ccc(O)cc1. The molecule has 0 radical (unpaired) electrons. The van der Waals surface area contributed by atoms with E-state index in [-0.39, 0.29) is 23.3 Å². The minimum Gasteiger partial charge on any atom is -0.508 e. The lowest BCUT2D eigenvalue weighted by molar-refractivity contribution is 0.475. The smallest absolute Gasteiger partial charge is 0.154 e. The first kappa shape index (κ1) is 13.0. The van der Waals surface area contributed by atoms with Crippen molar-refractivity contribution < 1.29 is 13.5 Å². The van der Waals surface area contributed by atoms with Crippen LogP contribution in [0.3, 0.4) is 0 Å². The maximum absolute atomic E-state index is 11.7. The third-order valence-corrected chi connectivity index (χ3v) is 3.84. The Labute approximate surface area is 96.0 Å². The lowest BCUT2D eigenvalue weighted by Crippen LogP contribution is -2.20. The highest BCUT2D eigenvalue weighted by Gasteiger charge is 2.12. The summed E-state index contributed by atoms with van der Waals surface area (Å²) in [6, 6.07) is 6.08. The number of hydrogen-bond donors (Lipinski definition) is 2. The topological polar surface area (TPSA) is 80.4 Å². The summed E-state index contributed by atoms with van der Waals surface area (Å²) in [7, 11) is -3.10. The van der Waals surface area contributed by atoms with Crippen LogP contribution in [0, 0.1) is 0 Å². The molecule has 4 nitrogen and oxygen atoms in total. The molecule has 0 aliphatic rings. The summed E-state index contributed by atoms with van der Waals surface area (Å²) in [5.74, 6) is 0.239. The molecule has 0 spiro atoms. The van der Waals surface area contributed by atoms with E-state index in [0.717, 1.165) is 0 Å². The molecule has 0 heterocycles. The van der Waals surface area contributed by atoms with Crippen molar-refractivity contribution in [1.29, 1.82) is 0 Å². The first-order valence-electron chi connectivity index (χ1n) is 5.13. The third-order valence-electron chi connectivity index (χ3n) is 2.21. The molecule has 1 aromatic carbocycles. The van der Waals surface area contributed by atoms with Gasteiger partial charge in [0.05, 0.1) is 11.5 Å². The van der Waals surface area contributed by atoms with Gasteiger partial charge in [0.2, 0.25) is 0 Å². The number of rotatable bonds is 5. The first-order chi connectivity index (χ1) is 7.39. The maximum Gasteiger partial charge on any atom is 0.154 e. The van der Waals surface area contributed by atoms with Crippen LogP contribution < -0.4 is 5.73 Å². The van der Waals surface area contributed by atoms with Gasteiger partial charge in [0.25, 0.3) is 0 Å². The van der Waals surface area contributed by atoms with Gasteiger partial charge >= 0.3 is 0 Å². The zero-order chi connectivity index (χ0) is 12.2. The number of aromatic hydroxyl groups is 1. The van der Waals surface area contributed by atoms with Crippen LogP contribution in [0.5, 0.6) is 5.75 Å². The largest absolute Gasteiger partial charge is 0.508 e. The molecule has 5 heteroatoms. The Kier molecular flexibility index (Phi) is 4.32. The van der Waals surface area contributed by atoms with Gasteiger partial charge in [-0.3, -0.25) is 0 Å². The molecule has 0 aliphatic heterocycles. The molecule has 90 valence electrons. The molecular weight excluding hydrogens is 226 g/mol. The lowest BCUT2D eigenvalue weighted by Gasteiger charge is -2.06. The van der Waals surface area contributed by atoms with Gasteiger partial charge in [0, 0.05) is 6.04 Å². The Morgan fingerprint density at radius 2 is 1.88 bits per heavy atom. The minimum absolute atomic E-state index is 0. The average Bonchev–Trinajstić information content (AvgIpc) is 2.19. The van der Waals surface area contributed by atoms with Gasteiger partial charge in [0.1, 0.15) is 5.75 Å². The monoisotopic (exact) mass is 243 g/mol. The van der Waals surface area contributed by atoms with Crippen LogP contribution in [-0.4, -0.2) is 25.3 Å². The van der Waals surface area contributed by atoms with Gasteiger partial charge in [0.15, 0.2) is 9.84 Å². The molecule has 3 N–H and O–H groups in total. The molecule has 0 aliphatic carbocycles. The van der Waals surface area contributed by atoms with E-state index in [4.69, 9.17) is 10.8 Å². The lowest BCUT2D eigenvalue weighted by atomic mass is 10.2. The van der Waals surface area contributed by atoms with Crippen molar-refractivity contribution in [2.45, 2.75) is 25.1 Å². The van der Waals surface area contributed by atoms with Gasteiger partial charge in [-0.25, -0.2) is 8.42 Å². The average molecular weight is 243 g/mol. The summed E-state index contributed by atoms with van der Waals surface area (Å²) in [5.41, 5.74) is 6.20. The fraction of sp³-hybridized carbons (Fsp3) is 0.455. The highest BCUT2D eigenvalue weighted by Crippen LogP contribution is 2.13. The number of hydrogen-bond acceptors (Lipinski definition) is 4. The number of benzene rings is 1. The van der Waals surface area contributed by atoms with Crippen LogP contribution in [0.15, 0.2) is 24.3 Å². The number of phenolic OH excluding ortho intramolecular Hbond substituents is 1. The zero-order valence-electron chi connectivity index (χ0n) is 9.26.